The summed E-state index contributed by atoms with van der Waals surface area (Å²) in [5.41, 5.74) is 2.13. The van der Waals surface area contributed by atoms with Crippen LogP contribution in [0.4, 0.5) is 22.9 Å². The molecule has 2 fully saturated rings. The first kappa shape index (κ1) is 25.7. The molecule has 188 valence electrons. The summed E-state index contributed by atoms with van der Waals surface area (Å²) in [7, 11) is 1.76. The molecule has 3 heterocycles. The van der Waals surface area contributed by atoms with E-state index in [-0.39, 0.29) is 17.5 Å². The minimum atomic E-state index is -2.50. The monoisotopic (exact) mass is 588 g/mol. The zero-order valence-electron chi connectivity index (χ0n) is 21.3. The van der Waals surface area contributed by atoms with Gasteiger partial charge in [0.05, 0.1) is 19.3 Å². The second-order valence-electron chi connectivity index (χ2n) is 10.4. The van der Waals surface area contributed by atoms with Crippen LogP contribution in [-0.4, -0.2) is 83.7 Å². The Hall–Kier alpha value is -2.37. The van der Waals surface area contributed by atoms with Crippen LogP contribution in [0.2, 0.25) is 14.8 Å². The van der Waals surface area contributed by atoms with Crippen molar-refractivity contribution >= 4 is 50.9 Å². The van der Waals surface area contributed by atoms with Crippen molar-refractivity contribution in [3.63, 3.8) is 0 Å². The molecule has 0 bridgehead atoms. The molecule has 2 aromatic rings. The maximum atomic E-state index is 12.8. The second kappa shape index (κ2) is 10.3. The van der Waals surface area contributed by atoms with Crippen LogP contribution in [0.5, 0.6) is 0 Å². The molecule has 0 unspecified atom stereocenters. The van der Waals surface area contributed by atoms with Crippen LogP contribution in [-0.2, 0) is 16.6 Å². The van der Waals surface area contributed by atoms with Crippen LogP contribution in [0.1, 0.15) is 6.92 Å². The summed E-state index contributed by atoms with van der Waals surface area (Å²) in [6.07, 6.45) is 3.12. The fourth-order valence-corrected chi connectivity index (χ4v) is 7.38. The number of ether oxygens (including phenoxy) is 1. The molecule has 2 N–H and O–H groups in total. The van der Waals surface area contributed by atoms with Crippen LogP contribution in [0.15, 0.2) is 41.8 Å². The summed E-state index contributed by atoms with van der Waals surface area (Å²) < 4.78 is 7.98. The Morgan fingerprint density at radius 3 is 2.60 bits per heavy atom. The topological polar surface area (TPSA) is 91.7 Å². The van der Waals surface area contributed by atoms with E-state index in [1.165, 1.54) is 6.08 Å². The number of nitrogens with one attached hydrogen (secondary N) is 2. The Morgan fingerprint density at radius 2 is 2.00 bits per heavy atom. The molecule has 1 aromatic heterocycles. The molecule has 35 heavy (non-hydrogen) atoms. The number of rotatable bonds is 7. The van der Waals surface area contributed by atoms with E-state index in [4.69, 9.17) is 4.74 Å². The SMILES string of the molecule is C=CC(=O)Nc1cc(Nc2n[c]([Sn]([CH3])([CH3])[CH3])cn(C)c2=O)ccc1N1CCN(C2COC2)C[C@@H]1C. The molecule has 0 spiro atoms. The van der Waals surface area contributed by atoms with Gasteiger partial charge in [-0.1, -0.05) is 0 Å². The van der Waals surface area contributed by atoms with Gasteiger partial charge in [0.2, 0.25) is 0 Å². The Morgan fingerprint density at radius 1 is 1.26 bits per heavy atom. The first-order chi connectivity index (χ1) is 16.6. The van der Waals surface area contributed by atoms with Crippen LogP contribution < -0.4 is 24.8 Å². The number of nitrogens with zero attached hydrogens (tertiary/aromatic N) is 4. The molecule has 1 atom stereocenters. The number of carbonyl (C=O) groups is 1. The van der Waals surface area contributed by atoms with Gasteiger partial charge >= 0.3 is 188 Å². The third-order valence-electron chi connectivity index (χ3n) is 6.65. The van der Waals surface area contributed by atoms with E-state index >= 15 is 0 Å². The number of anilines is 4. The van der Waals surface area contributed by atoms with Crippen LogP contribution >= 0.6 is 0 Å². The zero-order valence-corrected chi connectivity index (χ0v) is 24.2. The Bertz CT molecular complexity index is 1170. The average Bonchev–Trinajstić information content (AvgIpc) is 2.75. The molecule has 1 amide bonds. The number of hydrogen-bond donors (Lipinski definition) is 2. The molecule has 1 aromatic carbocycles. The van der Waals surface area contributed by atoms with E-state index < -0.39 is 18.4 Å². The predicted molar refractivity (Wildman–Crippen MR) is 144 cm³/mol. The number of hydrogen-bond acceptors (Lipinski definition) is 7. The molecule has 4 rings (SSSR count). The molecule has 0 aliphatic carbocycles. The van der Waals surface area contributed by atoms with E-state index in [0.717, 1.165) is 42.2 Å². The molecule has 2 aliphatic rings. The van der Waals surface area contributed by atoms with Crippen molar-refractivity contribution in [3.8, 4) is 0 Å². The first-order valence-electron chi connectivity index (χ1n) is 12.1. The fraction of sp³-hybridized carbons (Fsp3) is 0.480. The van der Waals surface area contributed by atoms with Crippen molar-refractivity contribution in [2.75, 3.05) is 48.4 Å². The number of piperazine rings is 1. The van der Waals surface area contributed by atoms with Crippen LogP contribution in [0.3, 0.4) is 0 Å². The van der Waals surface area contributed by atoms with Gasteiger partial charge in [0.25, 0.3) is 0 Å². The van der Waals surface area contributed by atoms with Crippen LogP contribution in [0.25, 0.3) is 0 Å². The number of amides is 1. The van der Waals surface area contributed by atoms with Gasteiger partial charge in [-0.3, -0.25) is 0 Å². The third kappa shape index (κ3) is 5.73. The summed E-state index contributed by atoms with van der Waals surface area (Å²) in [6, 6.07) is 6.58. The van der Waals surface area contributed by atoms with Gasteiger partial charge < -0.3 is 4.74 Å². The van der Waals surface area contributed by atoms with Gasteiger partial charge in [-0.05, 0) is 0 Å². The summed E-state index contributed by atoms with van der Waals surface area (Å²) in [6.45, 7) is 10.1. The molecular weight excluding hydrogens is 551 g/mol. The van der Waals surface area contributed by atoms with E-state index in [0.29, 0.717) is 23.2 Å². The minimum absolute atomic E-state index is 0.185. The molecule has 9 nitrogen and oxygen atoms in total. The first-order valence-corrected chi connectivity index (χ1v) is 22.1. The van der Waals surface area contributed by atoms with Crippen molar-refractivity contribution in [2.24, 2.45) is 7.05 Å². The fourth-order valence-electron chi connectivity index (χ4n) is 4.44. The predicted octanol–water partition coefficient (Wildman–Crippen LogP) is 2.10. The van der Waals surface area contributed by atoms with Crippen LogP contribution in [0, 0.1) is 0 Å². The second-order valence-corrected chi connectivity index (χ2v) is 24.7. The van der Waals surface area contributed by atoms with Gasteiger partial charge in [0.15, 0.2) is 0 Å². The molecule has 2 saturated heterocycles. The van der Waals surface area contributed by atoms with Crippen molar-refractivity contribution in [1.82, 2.24) is 14.5 Å². The number of benzene rings is 1. The molecule has 0 radical (unpaired) electrons. The van der Waals surface area contributed by atoms with E-state index in [9.17, 15) is 9.59 Å². The maximum absolute atomic E-state index is 12.8. The van der Waals surface area contributed by atoms with E-state index in [2.05, 4.69) is 53.7 Å². The molecule has 2 aliphatic heterocycles. The normalized spacial score (nSPS) is 19.2. The Balaban J connectivity index is 1.63. The molecular formula is C25H36N6O3Sn. The summed E-state index contributed by atoms with van der Waals surface area (Å²) in [4.78, 5) is 41.3. The number of aromatic nitrogens is 2. The molecule has 10 heteroatoms. The van der Waals surface area contributed by atoms with Crippen molar-refractivity contribution in [1.29, 1.82) is 0 Å². The van der Waals surface area contributed by atoms with Gasteiger partial charge in [0, 0.05) is 0 Å². The standard InChI is InChI=1S/C22H27N6O3.3CH3.Sn/c1-4-20(29)25-18-11-16(24-21-22(30)26(3)8-7-23-21)5-6-19(18)28-10-9-27(12-15(28)2)17-13-31-14-17;;;;/h4-6,8,11,15,17H,1,9-10,12-14H2,2-3H3,(H,23,24)(H,25,29);3*1H3;/t15-;;;;/m0..../s1. The average molecular weight is 587 g/mol. The van der Waals surface area contributed by atoms with E-state index in [1.807, 2.05) is 24.4 Å². The van der Waals surface area contributed by atoms with Crippen molar-refractivity contribution in [3.05, 3.63) is 47.4 Å². The number of carbonyl (C=O) groups excluding carboxylic acids is 1. The summed E-state index contributed by atoms with van der Waals surface area (Å²) in [5.74, 6) is 0.0224. The summed E-state index contributed by atoms with van der Waals surface area (Å²) >= 11 is -2.50. The van der Waals surface area contributed by atoms with Crippen molar-refractivity contribution < 1.29 is 9.53 Å². The van der Waals surface area contributed by atoms with E-state index in [1.54, 1.807) is 11.6 Å². The Labute approximate surface area is 211 Å². The van der Waals surface area contributed by atoms with Gasteiger partial charge in [-0.25, -0.2) is 0 Å². The quantitative estimate of drug-likeness (QED) is 0.379. The molecule has 0 saturated carbocycles. The zero-order chi connectivity index (χ0) is 25.3. The Kier molecular flexibility index (Phi) is 7.58. The number of aryl methyl sites for hydroxylation is 1. The summed E-state index contributed by atoms with van der Waals surface area (Å²) in [5, 5.41) is 6.16. The van der Waals surface area contributed by atoms with Gasteiger partial charge in [0.1, 0.15) is 0 Å². The van der Waals surface area contributed by atoms with Crippen molar-refractivity contribution in [2.45, 2.75) is 33.8 Å². The van der Waals surface area contributed by atoms with Gasteiger partial charge in [-0.15, -0.1) is 0 Å². The third-order valence-corrected chi connectivity index (χ3v) is 11.7. The van der Waals surface area contributed by atoms with Gasteiger partial charge in [-0.2, -0.15) is 0 Å².